The number of aromatic nitrogens is 3. The van der Waals surface area contributed by atoms with E-state index in [1.165, 1.54) is 0 Å². The summed E-state index contributed by atoms with van der Waals surface area (Å²) in [5.74, 6) is 0.511. The zero-order valence-electron chi connectivity index (χ0n) is 12.7. The number of rotatable bonds is 5. The number of nitrogens with two attached hydrogens (primary N) is 1. The molecular weight excluding hydrogens is 272 g/mol. The van der Waals surface area contributed by atoms with Crippen molar-refractivity contribution in [1.29, 1.82) is 0 Å². The standard InChI is InChI=1S/C13H22N6O2/c1-8(2)21-13-17-11(15-3)16-12(18-13)19-6-4-5-9(7-19)10(14)20/h8-9H,4-7H2,1-3H3,(H2,14,20)(H,15,16,17,18). The molecule has 21 heavy (non-hydrogen) atoms. The Morgan fingerprint density at radius 1 is 1.43 bits per heavy atom. The van der Waals surface area contributed by atoms with Crippen molar-refractivity contribution < 1.29 is 9.53 Å². The van der Waals surface area contributed by atoms with E-state index < -0.39 is 0 Å². The minimum Gasteiger partial charge on any atom is -0.461 e. The Labute approximate surface area is 124 Å². The van der Waals surface area contributed by atoms with E-state index in [0.29, 0.717) is 18.4 Å². The lowest BCUT2D eigenvalue weighted by atomic mass is 9.98. The van der Waals surface area contributed by atoms with Gasteiger partial charge in [0.05, 0.1) is 12.0 Å². The number of primary amides is 1. The van der Waals surface area contributed by atoms with Crippen molar-refractivity contribution in [2.45, 2.75) is 32.8 Å². The van der Waals surface area contributed by atoms with Crippen LogP contribution in [0.3, 0.4) is 0 Å². The van der Waals surface area contributed by atoms with Crippen LogP contribution >= 0.6 is 0 Å². The lowest BCUT2D eigenvalue weighted by molar-refractivity contribution is -0.122. The fourth-order valence-electron chi connectivity index (χ4n) is 2.25. The molecule has 0 aliphatic carbocycles. The van der Waals surface area contributed by atoms with Crippen molar-refractivity contribution in [3.63, 3.8) is 0 Å². The van der Waals surface area contributed by atoms with Gasteiger partial charge in [0, 0.05) is 20.1 Å². The molecule has 116 valence electrons. The fraction of sp³-hybridized carbons (Fsp3) is 0.692. The third-order valence-corrected chi connectivity index (χ3v) is 3.27. The second-order valence-corrected chi connectivity index (χ2v) is 5.35. The van der Waals surface area contributed by atoms with Crippen LogP contribution in [0.1, 0.15) is 26.7 Å². The molecule has 3 N–H and O–H groups in total. The summed E-state index contributed by atoms with van der Waals surface area (Å²) in [5.41, 5.74) is 5.40. The molecule has 2 rings (SSSR count). The largest absolute Gasteiger partial charge is 0.461 e. The molecule has 1 saturated heterocycles. The smallest absolute Gasteiger partial charge is 0.323 e. The Bertz CT molecular complexity index is 507. The van der Waals surface area contributed by atoms with Crippen LogP contribution in [0.25, 0.3) is 0 Å². The van der Waals surface area contributed by atoms with Crippen molar-refractivity contribution in [3.05, 3.63) is 0 Å². The second kappa shape index (κ2) is 6.55. The molecule has 2 heterocycles. The number of hydrogen-bond donors (Lipinski definition) is 2. The average molecular weight is 294 g/mol. The molecule has 0 spiro atoms. The van der Waals surface area contributed by atoms with Crippen LogP contribution in [-0.2, 0) is 4.79 Å². The molecule has 1 aromatic heterocycles. The van der Waals surface area contributed by atoms with E-state index in [9.17, 15) is 4.79 Å². The maximum atomic E-state index is 11.4. The molecule has 1 amide bonds. The van der Waals surface area contributed by atoms with Gasteiger partial charge in [-0.05, 0) is 26.7 Å². The summed E-state index contributed by atoms with van der Waals surface area (Å²) < 4.78 is 5.54. The van der Waals surface area contributed by atoms with Gasteiger partial charge in [0.2, 0.25) is 17.8 Å². The van der Waals surface area contributed by atoms with Gasteiger partial charge < -0.3 is 20.7 Å². The van der Waals surface area contributed by atoms with Crippen LogP contribution in [0, 0.1) is 5.92 Å². The topological polar surface area (TPSA) is 106 Å². The first-order chi connectivity index (χ1) is 9.99. The number of carbonyl (C=O) groups excluding carboxylic acids is 1. The number of ether oxygens (including phenoxy) is 1. The molecule has 0 radical (unpaired) electrons. The Morgan fingerprint density at radius 3 is 2.81 bits per heavy atom. The number of nitrogens with one attached hydrogen (secondary N) is 1. The first-order valence-corrected chi connectivity index (χ1v) is 7.14. The molecular formula is C13H22N6O2. The van der Waals surface area contributed by atoms with Crippen molar-refractivity contribution in [1.82, 2.24) is 15.0 Å². The summed E-state index contributed by atoms with van der Waals surface area (Å²) in [5, 5.41) is 2.89. The maximum Gasteiger partial charge on any atom is 0.323 e. The minimum atomic E-state index is -0.277. The van der Waals surface area contributed by atoms with Crippen molar-refractivity contribution in [2.75, 3.05) is 30.4 Å². The van der Waals surface area contributed by atoms with E-state index in [1.807, 2.05) is 18.7 Å². The van der Waals surface area contributed by atoms with E-state index in [-0.39, 0.29) is 23.9 Å². The van der Waals surface area contributed by atoms with Gasteiger partial charge >= 0.3 is 6.01 Å². The number of amides is 1. The quantitative estimate of drug-likeness (QED) is 0.809. The first kappa shape index (κ1) is 15.3. The Balaban J connectivity index is 2.23. The zero-order valence-corrected chi connectivity index (χ0v) is 12.7. The molecule has 1 aliphatic heterocycles. The lowest BCUT2D eigenvalue weighted by Crippen LogP contribution is -2.42. The highest BCUT2D eigenvalue weighted by molar-refractivity contribution is 5.77. The summed E-state index contributed by atoms with van der Waals surface area (Å²) in [6.45, 7) is 5.14. The number of anilines is 2. The van der Waals surface area contributed by atoms with Gasteiger partial charge in [0.15, 0.2) is 0 Å². The third-order valence-electron chi connectivity index (χ3n) is 3.27. The molecule has 0 aromatic carbocycles. The van der Waals surface area contributed by atoms with Gasteiger partial charge in [-0.3, -0.25) is 4.79 Å². The molecule has 0 saturated carbocycles. The van der Waals surface area contributed by atoms with Crippen LogP contribution < -0.4 is 20.7 Å². The summed E-state index contributed by atoms with van der Waals surface area (Å²) >= 11 is 0. The summed E-state index contributed by atoms with van der Waals surface area (Å²) in [7, 11) is 1.74. The Kier molecular flexibility index (Phi) is 4.77. The van der Waals surface area contributed by atoms with Gasteiger partial charge in [-0.2, -0.15) is 15.0 Å². The van der Waals surface area contributed by atoms with Gasteiger partial charge in [-0.25, -0.2) is 0 Å². The van der Waals surface area contributed by atoms with E-state index >= 15 is 0 Å². The van der Waals surface area contributed by atoms with Crippen LogP contribution in [-0.4, -0.2) is 47.1 Å². The van der Waals surface area contributed by atoms with Gasteiger partial charge in [0.1, 0.15) is 0 Å². The molecule has 1 aliphatic rings. The van der Waals surface area contributed by atoms with E-state index in [0.717, 1.165) is 19.4 Å². The number of nitrogens with zero attached hydrogens (tertiary/aromatic N) is 4. The highest BCUT2D eigenvalue weighted by Crippen LogP contribution is 2.22. The number of piperidine rings is 1. The third kappa shape index (κ3) is 3.93. The van der Waals surface area contributed by atoms with E-state index in [1.54, 1.807) is 7.05 Å². The number of carbonyl (C=O) groups is 1. The molecule has 1 aromatic rings. The normalized spacial score (nSPS) is 18.7. The Hall–Kier alpha value is -2.12. The van der Waals surface area contributed by atoms with Crippen molar-refractivity contribution in [2.24, 2.45) is 11.7 Å². The van der Waals surface area contributed by atoms with Gasteiger partial charge in [-0.1, -0.05) is 0 Å². The van der Waals surface area contributed by atoms with E-state index in [2.05, 4.69) is 20.3 Å². The average Bonchev–Trinajstić information content (AvgIpc) is 2.46. The Morgan fingerprint density at radius 2 is 2.19 bits per heavy atom. The molecule has 1 unspecified atom stereocenters. The van der Waals surface area contributed by atoms with Crippen LogP contribution in [0.2, 0.25) is 0 Å². The lowest BCUT2D eigenvalue weighted by Gasteiger charge is -2.31. The maximum absolute atomic E-state index is 11.4. The van der Waals surface area contributed by atoms with Gasteiger partial charge in [-0.15, -0.1) is 0 Å². The van der Waals surface area contributed by atoms with Gasteiger partial charge in [0.25, 0.3) is 0 Å². The second-order valence-electron chi connectivity index (χ2n) is 5.35. The highest BCUT2D eigenvalue weighted by atomic mass is 16.5. The van der Waals surface area contributed by atoms with E-state index in [4.69, 9.17) is 10.5 Å². The molecule has 8 heteroatoms. The number of hydrogen-bond acceptors (Lipinski definition) is 7. The zero-order chi connectivity index (χ0) is 15.4. The monoisotopic (exact) mass is 294 g/mol. The molecule has 8 nitrogen and oxygen atoms in total. The van der Waals surface area contributed by atoms with Crippen molar-refractivity contribution >= 4 is 17.8 Å². The highest BCUT2D eigenvalue weighted by Gasteiger charge is 2.26. The SMILES string of the molecule is CNc1nc(OC(C)C)nc(N2CCCC(C(N)=O)C2)n1. The fourth-order valence-corrected chi connectivity index (χ4v) is 2.25. The van der Waals surface area contributed by atoms with Crippen LogP contribution in [0.15, 0.2) is 0 Å². The summed E-state index contributed by atoms with van der Waals surface area (Å²) in [6, 6.07) is 0.278. The van der Waals surface area contributed by atoms with Crippen LogP contribution in [0.5, 0.6) is 6.01 Å². The predicted molar refractivity (Wildman–Crippen MR) is 79.3 cm³/mol. The molecule has 0 bridgehead atoms. The van der Waals surface area contributed by atoms with Crippen LogP contribution in [0.4, 0.5) is 11.9 Å². The minimum absolute atomic E-state index is 0.0234. The van der Waals surface area contributed by atoms with Crippen molar-refractivity contribution in [3.8, 4) is 6.01 Å². The summed E-state index contributed by atoms with van der Waals surface area (Å²) in [6.07, 6.45) is 1.67. The molecule has 1 atom stereocenters. The first-order valence-electron chi connectivity index (χ1n) is 7.14. The predicted octanol–water partition coefficient (Wildman–Crippen LogP) is 0.402. The summed E-state index contributed by atoms with van der Waals surface area (Å²) in [4.78, 5) is 26.2. The molecule has 1 fully saturated rings.